The second-order valence-electron chi connectivity index (χ2n) is 8.67. The molecular weight excluding hydrogens is 526 g/mol. The number of rotatable bonds is 9. The minimum absolute atomic E-state index is 0.00762. The number of halogens is 4. The van der Waals surface area contributed by atoms with Crippen LogP contribution in [0.5, 0.6) is 0 Å². The lowest BCUT2D eigenvalue weighted by Gasteiger charge is -2.38. The first-order valence-electron chi connectivity index (χ1n) is 11.5. The van der Waals surface area contributed by atoms with Crippen molar-refractivity contribution in [3.05, 3.63) is 101 Å². The molecule has 6 nitrogen and oxygen atoms in total. The lowest BCUT2D eigenvalue weighted by Crippen LogP contribution is -2.43. The van der Waals surface area contributed by atoms with Gasteiger partial charge in [-0.1, -0.05) is 48.9 Å². The Morgan fingerprint density at radius 2 is 1.95 bits per heavy atom. The Kier molecular flexibility index (Phi) is 9.16. The van der Waals surface area contributed by atoms with E-state index in [1.807, 2.05) is 6.92 Å². The minimum atomic E-state index is -1.66. The van der Waals surface area contributed by atoms with Crippen molar-refractivity contribution < 1.29 is 27.8 Å². The summed E-state index contributed by atoms with van der Waals surface area (Å²) in [5.74, 6) is -1.96. The molecule has 37 heavy (non-hydrogen) atoms. The monoisotopic (exact) mass is 551 g/mol. The van der Waals surface area contributed by atoms with Gasteiger partial charge in [-0.3, -0.25) is 0 Å². The van der Waals surface area contributed by atoms with Crippen LogP contribution in [0.4, 0.5) is 13.2 Å². The Morgan fingerprint density at radius 3 is 2.62 bits per heavy atom. The number of allylic oxidation sites excluding steroid dienone is 2. The van der Waals surface area contributed by atoms with Gasteiger partial charge in [0.25, 0.3) is 0 Å². The number of ether oxygens (including phenoxy) is 2. The average Bonchev–Trinajstić information content (AvgIpc) is 3.36. The smallest absolute Gasteiger partial charge is 0.177 e. The molecule has 3 atom stereocenters. The average molecular weight is 552 g/mol. The van der Waals surface area contributed by atoms with Crippen LogP contribution in [-0.2, 0) is 21.6 Å². The van der Waals surface area contributed by atoms with Gasteiger partial charge in [-0.05, 0) is 24.3 Å². The summed E-state index contributed by atoms with van der Waals surface area (Å²) in [6, 6.07) is 7.60. The predicted octanol–water partition coefficient (Wildman–Crippen LogP) is 5.31. The second kappa shape index (κ2) is 12.3. The van der Waals surface area contributed by atoms with E-state index in [0.717, 1.165) is 12.1 Å². The molecule has 0 radical (unpaired) electrons. The van der Waals surface area contributed by atoms with Crippen molar-refractivity contribution >= 4 is 26.3 Å². The summed E-state index contributed by atoms with van der Waals surface area (Å²) in [5.41, 5.74) is -1.73. The Balaban J connectivity index is 1.36. The summed E-state index contributed by atoms with van der Waals surface area (Å²) < 4.78 is 55.1. The lowest BCUT2D eigenvalue weighted by atomic mass is 9.90. The molecule has 1 aliphatic heterocycles. The summed E-state index contributed by atoms with van der Waals surface area (Å²) in [4.78, 5) is 3.89. The quantitative estimate of drug-likeness (QED) is 0.288. The van der Waals surface area contributed by atoms with Crippen LogP contribution in [0.25, 0.3) is 6.08 Å². The number of aliphatic hydroxyl groups is 1. The molecule has 0 bridgehead atoms. The molecule has 0 spiro atoms. The van der Waals surface area contributed by atoms with E-state index in [0.29, 0.717) is 23.8 Å². The molecule has 11 heteroatoms. The van der Waals surface area contributed by atoms with E-state index in [4.69, 9.17) is 21.1 Å². The molecule has 2 heterocycles. The van der Waals surface area contributed by atoms with Gasteiger partial charge in [0.05, 0.1) is 19.8 Å². The van der Waals surface area contributed by atoms with Gasteiger partial charge in [0.1, 0.15) is 35.7 Å². The van der Waals surface area contributed by atoms with Crippen LogP contribution in [0.3, 0.4) is 0 Å². The van der Waals surface area contributed by atoms with Crippen LogP contribution in [0.15, 0.2) is 67.3 Å². The van der Waals surface area contributed by atoms with Crippen molar-refractivity contribution in [3.8, 4) is 0 Å². The van der Waals surface area contributed by atoms with E-state index < -0.39 is 35.0 Å². The fraction of sp³-hybridized carbons (Fsp3) is 0.308. The third-order valence-electron chi connectivity index (χ3n) is 6.01. The lowest BCUT2D eigenvalue weighted by molar-refractivity contribution is -0.147. The summed E-state index contributed by atoms with van der Waals surface area (Å²) in [6.45, 7) is 2.51. The van der Waals surface area contributed by atoms with E-state index in [1.165, 1.54) is 29.5 Å². The largest absolute Gasteiger partial charge is 0.382 e. The van der Waals surface area contributed by atoms with Crippen molar-refractivity contribution in [1.29, 1.82) is 0 Å². The SMILES string of the molecule is C[C@@H](PC1COC(/C=C/C=C/c2ccc(Cl)cc2F)OC1)[C@](O)(Cn1cncn1)c1ccc(F)cc1F. The van der Waals surface area contributed by atoms with E-state index in [-0.39, 0.29) is 26.3 Å². The number of nitrogens with zero attached hydrogens (tertiary/aromatic N) is 3. The van der Waals surface area contributed by atoms with Crippen LogP contribution in [-0.4, -0.2) is 50.7 Å². The number of benzene rings is 2. The molecule has 1 aromatic heterocycles. The Morgan fingerprint density at radius 1 is 1.16 bits per heavy atom. The predicted molar refractivity (Wildman–Crippen MR) is 137 cm³/mol. The molecule has 0 aliphatic carbocycles. The van der Waals surface area contributed by atoms with E-state index in [1.54, 1.807) is 36.4 Å². The minimum Gasteiger partial charge on any atom is -0.382 e. The zero-order chi connectivity index (χ0) is 26.4. The standard InChI is InChI=1S/C26H26ClF3N3O3P/c1-17(26(34,14-33-16-31-15-32-33)22-9-8-20(28)11-24(22)30)37-21-12-35-25(36-13-21)5-3-2-4-18-6-7-19(27)10-23(18)29/h2-11,15-17,21,25,34,37H,12-14H2,1H3/b4-2+,5-3+/t17-,21?,25?,26-/m1/s1. The molecule has 4 rings (SSSR count). The maximum absolute atomic E-state index is 14.7. The summed E-state index contributed by atoms with van der Waals surface area (Å²) >= 11 is 5.76. The summed E-state index contributed by atoms with van der Waals surface area (Å²) in [5, 5.41) is 16.0. The van der Waals surface area contributed by atoms with Crippen LogP contribution < -0.4 is 0 Å². The molecular formula is C26H26ClF3N3O3P. The van der Waals surface area contributed by atoms with Crippen molar-refractivity contribution in [1.82, 2.24) is 14.8 Å². The van der Waals surface area contributed by atoms with Crippen molar-refractivity contribution in [2.75, 3.05) is 13.2 Å². The molecule has 0 amide bonds. The van der Waals surface area contributed by atoms with Crippen LogP contribution in [0.1, 0.15) is 18.1 Å². The van der Waals surface area contributed by atoms with Crippen LogP contribution in [0, 0.1) is 17.5 Å². The molecule has 1 N–H and O–H groups in total. The van der Waals surface area contributed by atoms with E-state index in [9.17, 15) is 18.3 Å². The first kappa shape index (κ1) is 27.5. The van der Waals surface area contributed by atoms with E-state index >= 15 is 0 Å². The van der Waals surface area contributed by atoms with Crippen molar-refractivity contribution in [2.45, 2.75) is 36.7 Å². The Bertz CT molecular complexity index is 1250. The number of hydrogen-bond donors (Lipinski definition) is 1. The molecule has 3 aromatic rings. The Hall–Kier alpha value is -2.55. The fourth-order valence-corrected chi connectivity index (χ4v) is 5.80. The normalized spacial score (nSPS) is 21.2. The third-order valence-corrected chi connectivity index (χ3v) is 8.03. The zero-order valence-electron chi connectivity index (χ0n) is 19.9. The van der Waals surface area contributed by atoms with Crippen LogP contribution >= 0.6 is 20.2 Å². The topological polar surface area (TPSA) is 69.4 Å². The van der Waals surface area contributed by atoms with Gasteiger partial charge in [0.2, 0.25) is 0 Å². The maximum Gasteiger partial charge on any atom is 0.177 e. The molecule has 1 unspecified atom stereocenters. The summed E-state index contributed by atoms with van der Waals surface area (Å²) in [7, 11) is 0.145. The van der Waals surface area contributed by atoms with Gasteiger partial charge < -0.3 is 14.6 Å². The van der Waals surface area contributed by atoms with Crippen molar-refractivity contribution in [3.63, 3.8) is 0 Å². The highest BCUT2D eigenvalue weighted by atomic mass is 35.5. The molecule has 1 aliphatic rings. The highest BCUT2D eigenvalue weighted by Gasteiger charge is 2.40. The van der Waals surface area contributed by atoms with Gasteiger partial charge >= 0.3 is 0 Å². The second-order valence-corrected chi connectivity index (χ2v) is 11.1. The maximum atomic E-state index is 14.7. The third kappa shape index (κ3) is 7.06. The molecule has 1 fully saturated rings. The highest BCUT2D eigenvalue weighted by molar-refractivity contribution is 7.40. The molecule has 196 valence electrons. The molecule has 0 saturated carbocycles. The van der Waals surface area contributed by atoms with E-state index in [2.05, 4.69) is 10.1 Å². The molecule has 1 saturated heterocycles. The number of aromatic nitrogens is 3. The van der Waals surface area contributed by atoms with Gasteiger partial charge in [-0.2, -0.15) is 5.10 Å². The van der Waals surface area contributed by atoms with Crippen LogP contribution in [0.2, 0.25) is 5.02 Å². The Labute approximate surface area is 219 Å². The number of hydrogen-bond acceptors (Lipinski definition) is 5. The summed E-state index contributed by atoms with van der Waals surface area (Å²) in [6.07, 6.45) is 8.89. The fourth-order valence-electron chi connectivity index (χ4n) is 4.03. The van der Waals surface area contributed by atoms with Crippen molar-refractivity contribution in [2.24, 2.45) is 0 Å². The van der Waals surface area contributed by atoms with Gasteiger partial charge in [0.15, 0.2) is 6.29 Å². The zero-order valence-corrected chi connectivity index (χ0v) is 21.7. The molecule has 2 aromatic carbocycles. The van der Waals surface area contributed by atoms with Gasteiger partial charge in [-0.15, -0.1) is 8.58 Å². The van der Waals surface area contributed by atoms with Gasteiger partial charge in [-0.25, -0.2) is 22.8 Å². The highest BCUT2D eigenvalue weighted by Crippen LogP contribution is 2.42. The van der Waals surface area contributed by atoms with Gasteiger partial charge in [0, 0.05) is 33.5 Å². The first-order valence-corrected chi connectivity index (χ1v) is 13.1. The first-order chi connectivity index (χ1) is 17.7.